The topological polar surface area (TPSA) is 73.8 Å². The van der Waals surface area contributed by atoms with Crippen LogP contribution in [0.1, 0.15) is 57.1 Å². The van der Waals surface area contributed by atoms with E-state index in [2.05, 4.69) is 39.8 Å². The van der Waals surface area contributed by atoms with Gasteiger partial charge in [0, 0.05) is 25.4 Å². The van der Waals surface area contributed by atoms with Crippen molar-refractivity contribution < 1.29 is 8.42 Å². The molecule has 0 aliphatic carbocycles. The Morgan fingerprint density at radius 2 is 1.83 bits per heavy atom. The Hall–Kier alpha value is -0.870. The molecule has 1 heterocycles. The van der Waals surface area contributed by atoms with Crippen molar-refractivity contribution in [2.75, 3.05) is 31.6 Å². The van der Waals surface area contributed by atoms with Gasteiger partial charge in [-0.15, -0.1) is 24.0 Å². The van der Waals surface area contributed by atoms with E-state index < -0.39 is 9.84 Å². The molecule has 6 nitrogen and oxygen atoms in total. The number of guanidine groups is 1. The van der Waals surface area contributed by atoms with E-state index >= 15 is 0 Å². The molecule has 1 aliphatic rings. The van der Waals surface area contributed by atoms with Gasteiger partial charge in [0.2, 0.25) is 0 Å². The Labute approximate surface area is 200 Å². The number of benzene rings is 1. The van der Waals surface area contributed by atoms with E-state index in [0.29, 0.717) is 13.0 Å². The second-order valence-corrected chi connectivity index (χ2v) is 10.4. The summed E-state index contributed by atoms with van der Waals surface area (Å²) in [6.45, 7) is 8.78. The summed E-state index contributed by atoms with van der Waals surface area (Å²) in [6, 6.07) is 8.73. The first-order valence-electron chi connectivity index (χ1n) is 10.9. The fourth-order valence-corrected chi connectivity index (χ4v) is 4.35. The van der Waals surface area contributed by atoms with Crippen molar-refractivity contribution in [1.82, 2.24) is 15.5 Å². The molecule has 0 amide bonds. The third-order valence-electron chi connectivity index (χ3n) is 5.16. The van der Waals surface area contributed by atoms with Crippen LogP contribution >= 0.6 is 24.0 Å². The molecule has 0 aromatic heterocycles. The van der Waals surface area contributed by atoms with Crippen molar-refractivity contribution in [3.05, 3.63) is 35.4 Å². The van der Waals surface area contributed by atoms with E-state index in [1.807, 2.05) is 13.8 Å². The SMILES string of the molecule is CCNC(=NCc1cccc(CN2CCCCCC2)c1)NC(C)CCS(C)(=O)=O.I. The van der Waals surface area contributed by atoms with E-state index in [1.165, 1.54) is 56.2 Å². The van der Waals surface area contributed by atoms with Gasteiger partial charge in [0.25, 0.3) is 0 Å². The fraction of sp³-hybridized carbons (Fsp3) is 0.682. The summed E-state index contributed by atoms with van der Waals surface area (Å²) in [5.74, 6) is 0.908. The van der Waals surface area contributed by atoms with Crippen LogP contribution in [0.2, 0.25) is 0 Å². The van der Waals surface area contributed by atoms with Gasteiger partial charge in [0.05, 0.1) is 12.3 Å². The molecule has 1 aromatic carbocycles. The molecule has 1 aliphatic heterocycles. The number of likely N-dealkylation sites (tertiary alicyclic amines) is 1. The molecule has 30 heavy (non-hydrogen) atoms. The van der Waals surface area contributed by atoms with Crippen LogP contribution in [0.5, 0.6) is 0 Å². The zero-order valence-corrected chi connectivity index (χ0v) is 21.8. The number of aliphatic imine (C=N–C) groups is 1. The van der Waals surface area contributed by atoms with E-state index in [1.54, 1.807) is 0 Å². The number of nitrogens with zero attached hydrogens (tertiary/aromatic N) is 2. The number of halogens is 1. The molecule has 0 radical (unpaired) electrons. The van der Waals surface area contributed by atoms with Crippen LogP contribution in [0.15, 0.2) is 29.3 Å². The van der Waals surface area contributed by atoms with Gasteiger partial charge in [0.15, 0.2) is 5.96 Å². The molecule has 1 aromatic rings. The number of nitrogens with one attached hydrogen (secondary N) is 2. The third-order valence-corrected chi connectivity index (χ3v) is 6.14. The molecule has 0 saturated carbocycles. The summed E-state index contributed by atoms with van der Waals surface area (Å²) in [4.78, 5) is 7.26. The highest BCUT2D eigenvalue weighted by Crippen LogP contribution is 2.14. The molecule has 1 saturated heterocycles. The summed E-state index contributed by atoms with van der Waals surface area (Å²) in [5.41, 5.74) is 2.54. The van der Waals surface area contributed by atoms with Crippen LogP contribution in [0.25, 0.3) is 0 Å². The number of hydrogen-bond acceptors (Lipinski definition) is 4. The first-order chi connectivity index (χ1) is 13.9. The summed E-state index contributed by atoms with van der Waals surface area (Å²) < 4.78 is 22.7. The van der Waals surface area contributed by atoms with E-state index in [0.717, 1.165) is 19.0 Å². The lowest BCUT2D eigenvalue weighted by atomic mass is 10.1. The lowest BCUT2D eigenvalue weighted by molar-refractivity contribution is 0.277. The maximum absolute atomic E-state index is 11.4. The zero-order chi connectivity index (χ0) is 21.1. The highest BCUT2D eigenvalue weighted by molar-refractivity contribution is 14.0. The first-order valence-corrected chi connectivity index (χ1v) is 12.9. The molecular weight excluding hydrogens is 511 g/mol. The van der Waals surface area contributed by atoms with Gasteiger partial charge < -0.3 is 10.6 Å². The Bertz CT molecular complexity index is 747. The smallest absolute Gasteiger partial charge is 0.191 e. The van der Waals surface area contributed by atoms with Gasteiger partial charge in [-0.2, -0.15) is 0 Å². The Balaban J connectivity index is 0.00000450. The van der Waals surface area contributed by atoms with Crippen molar-refractivity contribution in [2.24, 2.45) is 4.99 Å². The lowest BCUT2D eigenvalue weighted by Gasteiger charge is -2.20. The second kappa shape index (κ2) is 14.2. The van der Waals surface area contributed by atoms with Crippen LogP contribution in [0, 0.1) is 0 Å². The fourth-order valence-electron chi connectivity index (χ4n) is 3.57. The molecule has 0 spiro atoms. The third kappa shape index (κ3) is 11.5. The zero-order valence-electron chi connectivity index (χ0n) is 18.7. The maximum Gasteiger partial charge on any atom is 0.191 e. The second-order valence-electron chi connectivity index (χ2n) is 8.17. The van der Waals surface area contributed by atoms with Gasteiger partial charge in [-0.1, -0.05) is 37.1 Å². The minimum Gasteiger partial charge on any atom is -0.357 e. The molecule has 8 heteroatoms. The monoisotopic (exact) mass is 550 g/mol. The molecular formula is C22H39IN4O2S. The average Bonchev–Trinajstić information content (AvgIpc) is 2.93. The number of rotatable bonds is 9. The quantitative estimate of drug-likeness (QED) is 0.280. The largest absolute Gasteiger partial charge is 0.357 e. The summed E-state index contributed by atoms with van der Waals surface area (Å²) >= 11 is 0. The Morgan fingerprint density at radius 1 is 1.17 bits per heavy atom. The predicted molar refractivity (Wildman–Crippen MR) is 137 cm³/mol. The molecule has 0 bridgehead atoms. The molecule has 2 N–H and O–H groups in total. The average molecular weight is 551 g/mol. The van der Waals surface area contributed by atoms with Crippen LogP contribution in [0.3, 0.4) is 0 Å². The lowest BCUT2D eigenvalue weighted by Crippen LogP contribution is -2.42. The summed E-state index contributed by atoms with van der Waals surface area (Å²) in [6.07, 6.45) is 7.16. The molecule has 2 rings (SSSR count). The van der Waals surface area contributed by atoms with E-state index in [4.69, 9.17) is 4.99 Å². The minimum atomic E-state index is -2.95. The predicted octanol–water partition coefficient (Wildman–Crippen LogP) is 3.56. The van der Waals surface area contributed by atoms with Gasteiger partial charge in [-0.3, -0.25) is 4.90 Å². The standard InChI is InChI=1S/C22H38N4O2S.HI/c1-4-23-22(25-19(2)12-15-29(3,27)28)24-17-20-10-9-11-21(16-20)18-26-13-7-5-6-8-14-26;/h9-11,16,19H,4-8,12-15,17-18H2,1-3H3,(H2,23,24,25);1H. The normalized spacial score (nSPS) is 17.0. The molecule has 172 valence electrons. The minimum absolute atomic E-state index is 0. The van der Waals surface area contributed by atoms with Crippen molar-refractivity contribution in [3.63, 3.8) is 0 Å². The maximum atomic E-state index is 11.4. The van der Waals surface area contributed by atoms with Gasteiger partial charge in [0.1, 0.15) is 9.84 Å². The molecule has 1 fully saturated rings. The van der Waals surface area contributed by atoms with Crippen LogP contribution in [-0.2, 0) is 22.9 Å². The van der Waals surface area contributed by atoms with Gasteiger partial charge in [-0.25, -0.2) is 13.4 Å². The summed E-state index contributed by atoms with van der Waals surface area (Å²) in [5, 5.41) is 6.56. The van der Waals surface area contributed by atoms with Crippen molar-refractivity contribution in [3.8, 4) is 0 Å². The van der Waals surface area contributed by atoms with Crippen LogP contribution in [-0.4, -0.2) is 57.0 Å². The van der Waals surface area contributed by atoms with E-state index in [9.17, 15) is 8.42 Å². The van der Waals surface area contributed by atoms with Crippen LogP contribution in [0.4, 0.5) is 0 Å². The number of hydrogen-bond donors (Lipinski definition) is 2. The van der Waals surface area contributed by atoms with Crippen LogP contribution < -0.4 is 10.6 Å². The number of sulfone groups is 1. The van der Waals surface area contributed by atoms with Gasteiger partial charge in [-0.05, 0) is 57.3 Å². The van der Waals surface area contributed by atoms with E-state index in [-0.39, 0.29) is 35.8 Å². The first kappa shape index (κ1) is 27.2. The highest BCUT2D eigenvalue weighted by atomic mass is 127. The van der Waals surface area contributed by atoms with Gasteiger partial charge >= 0.3 is 0 Å². The highest BCUT2D eigenvalue weighted by Gasteiger charge is 2.11. The van der Waals surface area contributed by atoms with Crippen molar-refractivity contribution >= 4 is 39.8 Å². The molecule has 1 unspecified atom stereocenters. The van der Waals surface area contributed by atoms with Crippen molar-refractivity contribution in [1.29, 1.82) is 0 Å². The summed E-state index contributed by atoms with van der Waals surface area (Å²) in [7, 11) is -2.95. The van der Waals surface area contributed by atoms with Crippen molar-refractivity contribution in [2.45, 2.75) is 65.1 Å². The Kier molecular flexibility index (Phi) is 12.9. The Morgan fingerprint density at radius 3 is 2.47 bits per heavy atom. The molecule has 1 atom stereocenters.